The van der Waals surface area contributed by atoms with Gasteiger partial charge in [-0.3, -0.25) is 4.68 Å². The van der Waals surface area contributed by atoms with Crippen molar-refractivity contribution in [3.05, 3.63) is 11.4 Å². The number of hydrogen-bond donors (Lipinski definition) is 1. The number of hydrogen-bond acceptors (Lipinski definition) is 5. The number of aryl methyl sites for hydroxylation is 1. The highest BCUT2D eigenvalue weighted by Gasteiger charge is 2.35. The molecule has 1 saturated heterocycles. The van der Waals surface area contributed by atoms with Gasteiger partial charge in [-0.2, -0.15) is 21.2 Å². The number of thioether (sulfide) groups is 1. The van der Waals surface area contributed by atoms with Crippen molar-refractivity contribution < 1.29 is 8.42 Å². The lowest BCUT2D eigenvalue weighted by atomic mass is 10.4. The molecule has 2 heterocycles. The molecule has 20 heavy (non-hydrogen) atoms. The summed E-state index contributed by atoms with van der Waals surface area (Å²) in [5.41, 5.74) is 6.78. The molecule has 1 atom stereocenters. The van der Waals surface area contributed by atoms with Crippen LogP contribution in [0.15, 0.2) is 4.90 Å². The zero-order valence-electron chi connectivity index (χ0n) is 12.2. The molecule has 114 valence electrons. The van der Waals surface area contributed by atoms with Crippen LogP contribution in [-0.2, 0) is 16.6 Å². The van der Waals surface area contributed by atoms with Crippen LogP contribution < -0.4 is 5.73 Å². The molecule has 1 aromatic rings. The van der Waals surface area contributed by atoms with Crippen molar-refractivity contribution >= 4 is 21.8 Å². The van der Waals surface area contributed by atoms with Gasteiger partial charge in [-0.05, 0) is 20.8 Å². The minimum absolute atomic E-state index is 0.0235. The molecule has 0 aliphatic carbocycles. The fraction of sp³-hybridized carbons (Fsp3) is 0.750. The van der Waals surface area contributed by atoms with Gasteiger partial charge in [0.05, 0.1) is 17.9 Å². The summed E-state index contributed by atoms with van der Waals surface area (Å²) in [6.07, 6.45) is 0. The van der Waals surface area contributed by atoms with Crippen molar-refractivity contribution in [1.29, 1.82) is 0 Å². The van der Waals surface area contributed by atoms with E-state index in [1.807, 2.05) is 6.92 Å². The third-order valence-electron chi connectivity index (χ3n) is 3.53. The molecule has 1 aliphatic rings. The molecule has 1 fully saturated rings. The maximum atomic E-state index is 12.9. The fourth-order valence-corrected chi connectivity index (χ4v) is 5.81. The highest BCUT2D eigenvalue weighted by Crippen LogP contribution is 2.28. The van der Waals surface area contributed by atoms with Crippen LogP contribution in [0.1, 0.15) is 18.3 Å². The smallest absolute Gasteiger partial charge is 0.247 e. The summed E-state index contributed by atoms with van der Waals surface area (Å²) in [6, 6.07) is 0.0235. The van der Waals surface area contributed by atoms with Gasteiger partial charge in [-0.15, -0.1) is 0 Å². The van der Waals surface area contributed by atoms with Crippen molar-refractivity contribution in [3.8, 4) is 0 Å². The van der Waals surface area contributed by atoms with E-state index in [2.05, 4.69) is 5.10 Å². The summed E-state index contributed by atoms with van der Waals surface area (Å²) < 4.78 is 29.1. The van der Waals surface area contributed by atoms with E-state index in [4.69, 9.17) is 5.73 Å². The van der Waals surface area contributed by atoms with Gasteiger partial charge in [0.15, 0.2) is 0 Å². The Morgan fingerprint density at radius 1 is 1.45 bits per heavy atom. The SMILES string of the molecule is Cc1nn(CCN)c(C)c1S(=O)(=O)N1CCSCC1C. The monoisotopic (exact) mass is 318 g/mol. The van der Waals surface area contributed by atoms with E-state index in [1.165, 1.54) is 0 Å². The van der Waals surface area contributed by atoms with E-state index >= 15 is 0 Å². The third kappa shape index (κ3) is 2.74. The first-order valence-electron chi connectivity index (χ1n) is 6.73. The Bertz CT molecular complexity index is 583. The van der Waals surface area contributed by atoms with Crippen LogP contribution in [0.4, 0.5) is 0 Å². The van der Waals surface area contributed by atoms with Crippen molar-refractivity contribution in [1.82, 2.24) is 14.1 Å². The molecule has 2 rings (SSSR count). The lowest BCUT2D eigenvalue weighted by Gasteiger charge is -2.32. The Kier molecular flexibility index (Phi) is 4.78. The number of sulfonamides is 1. The molecule has 1 aliphatic heterocycles. The predicted octanol–water partition coefficient (Wildman–Crippen LogP) is 0.585. The van der Waals surface area contributed by atoms with Gasteiger partial charge in [-0.1, -0.05) is 0 Å². The Morgan fingerprint density at radius 2 is 2.15 bits per heavy atom. The average Bonchev–Trinajstić information content (AvgIpc) is 2.65. The summed E-state index contributed by atoms with van der Waals surface area (Å²) in [7, 11) is -3.47. The van der Waals surface area contributed by atoms with Crippen LogP contribution in [-0.4, -0.2) is 53.1 Å². The average molecular weight is 318 g/mol. The zero-order chi connectivity index (χ0) is 14.9. The number of aromatic nitrogens is 2. The maximum Gasteiger partial charge on any atom is 0.247 e. The highest BCUT2D eigenvalue weighted by molar-refractivity contribution is 7.99. The fourth-order valence-electron chi connectivity index (χ4n) is 2.58. The Morgan fingerprint density at radius 3 is 2.75 bits per heavy atom. The first kappa shape index (κ1) is 15.8. The van der Waals surface area contributed by atoms with Crippen LogP contribution in [0.5, 0.6) is 0 Å². The van der Waals surface area contributed by atoms with E-state index in [-0.39, 0.29) is 6.04 Å². The van der Waals surface area contributed by atoms with E-state index in [1.54, 1.807) is 34.6 Å². The van der Waals surface area contributed by atoms with Crippen molar-refractivity contribution in [2.45, 2.75) is 38.3 Å². The molecule has 0 bridgehead atoms. The summed E-state index contributed by atoms with van der Waals surface area (Å²) >= 11 is 1.80. The Balaban J connectivity index is 2.43. The van der Waals surface area contributed by atoms with Gasteiger partial charge >= 0.3 is 0 Å². The number of nitrogens with zero attached hydrogens (tertiary/aromatic N) is 3. The lowest BCUT2D eigenvalue weighted by molar-refractivity contribution is 0.367. The van der Waals surface area contributed by atoms with Crippen molar-refractivity contribution in [2.24, 2.45) is 5.73 Å². The second kappa shape index (κ2) is 6.05. The summed E-state index contributed by atoms with van der Waals surface area (Å²) in [6.45, 7) is 7.04. The lowest BCUT2D eigenvalue weighted by Crippen LogP contribution is -2.44. The molecule has 0 amide bonds. The van der Waals surface area contributed by atoms with Gasteiger partial charge in [0, 0.05) is 30.6 Å². The molecule has 0 spiro atoms. The third-order valence-corrected chi connectivity index (χ3v) is 6.99. The number of nitrogens with two attached hydrogens (primary N) is 1. The topological polar surface area (TPSA) is 81.2 Å². The summed E-state index contributed by atoms with van der Waals surface area (Å²) in [5, 5.41) is 4.31. The summed E-state index contributed by atoms with van der Waals surface area (Å²) in [4.78, 5) is 0.352. The van der Waals surface area contributed by atoms with Gasteiger partial charge < -0.3 is 5.73 Å². The van der Waals surface area contributed by atoms with Crippen molar-refractivity contribution in [2.75, 3.05) is 24.6 Å². The first-order valence-corrected chi connectivity index (χ1v) is 9.32. The molecular formula is C12H22N4O2S2. The molecule has 0 aromatic carbocycles. The zero-order valence-corrected chi connectivity index (χ0v) is 13.8. The second-order valence-corrected chi connectivity index (χ2v) is 8.03. The predicted molar refractivity (Wildman–Crippen MR) is 81.4 cm³/mol. The van der Waals surface area contributed by atoms with Gasteiger partial charge in [-0.25, -0.2) is 8.42 Å². The molecule has 2 N–H and O–H groups in total. The van der Waals surface area contributed by atoms with Crippen LogP contribution >= 0.6 is 11.8 Å². The van der Waals surface area contributed by atoms with Gasteiger partial charge in [0.1, 0.15) is 4.90 Å². The molecule has 1 aromatic heterocycles. The minimum atomic E-state index is -3.47. The normalized spacial score (nSPS) is 21.3. The number of rotatable bonds is 4. The maximum absolute atomic E-state index is 12.9. The second-order valence-electron chi connectivity index (χ2n) is 5.05. The van der Waals surface area contributed by atoms with Gasteiger partial charge in [0.2, 0.25) is 10.0 Å². The van der Waals surface area contributed by atoms with Crippen LogP contribution in [0.3, 0.4) is 0 Å². The molecule has 0 radical (unpaired) electrons. The first-order chi connectivity index (χ1) is 9.39. The van der Waals surface area contributed by atoms with E-state index in [0.717, 1.165) is 11.5 Å². The standard InChI is InChI=1S/C12H22N4O2S2/c1-9-8-19-7-6-16(9)20(17,18)12-10(2)14-15(5-4-13)11(12)3/h9H,4-8,13H2,1-3H3. The van der Waals surface area contributed by atoms with E-state index < -0.39 is 10.0 Å². The van der Waals surface area contributed by atoms with E-state index in [0.29, 0.717) is 35.9 Å². The van der Waals surface area contributed by atoms with Crippen LogP contribution in [0.2, 0.25) is 0 Å². The van der Waals surface area contributed by atoms with Crippen LogP contribution in [0.25, 0.3) is 0 Å². The van der Waals surface area contributed by atoms with Crippen LogP contribution in [0, 0.1) is 13.8 Å². The molecule has 8 heteroatoms. The quantitative estimate of drug-likeness (QED) is 0.878. The Labute approximate surface area is 124 Å². The summed E-state index contributed by atoms with van der Waals surface area (Å²) in [5.74, 6) is 1.69. The van der Waals surface area contributed by atoms with E-state index in [9.17, 15) is 8.42 Å². The minimum Gasteiger partial charge on any atom is -0.329 e. The van der Waals surface area contributed by atoms with Gasteiger partial charge in [0.25, 0.3) is 0 Å². The molecule has 6 nitrogen and oxygen atoms in total. The highest BCUT2D eigenvalue weighted by atomic mass is 32.2. The Hall–Kier alpha value is -0.570. The van der Waals surface area contributed by atoms with Crippen molar-refractivity contribution in [3.63, 3.8) is 0 Å². The largest absolute Gasteiger partial charge is 0.329 e. The molecule has 0 saturated carbocycles. The molecule has 1 unspecified atom stereocenters. The molecular weight excluding hydrogens is 296 g/mol.